The maximum absolute atomic E-state index is 12.9. The van der Waals surface area contributed by atoms with Gasteiger partial charge in [0.05, 0.1) is 11.1 Å². The van der Waals surface area contributed by atoms with Gasteiger partial charge in [-0.1, -0.05) is 30.3 Å². The summed E-state index contributed by atoms with van der Waals surface area (Å²) in [5.74, 6) is -1.83. The van der Waals surface area contributed by atoms with Crippen molar-refractivity contribution in [1.29, 1.82) is 0 Å². The van der Waals surface area contributed by atoms with Crippen LogP contribution in [0, 0.1) is 13.8 Å². The van der Waals surface area contributed by atoms with Crippen molar-refractivity contribution in [2.45, 2.75) is 20.0 Å². The number of esters is 1. The standard InChI is InChI=1S/C18H16F3NO3/c1-11-6-5-7-12(2)16(11)22-15(23)10-25-17(24)13-8-3-4-9-14(13)18(19,20)21/h3-9H,10H2,1-2H3,(H,22,23). The van der Waals surface area contributed by atoms with Gasteiger partial charge in [-0.05, 0) is 37.1 Å². The Morgan fingerprint density at radius 2 is 1.60 bits per heavy atom. The first-order valence-electron chi connectivity index (χ1n) is 7.39. The van der Waals surface area contributed by atoms with Crippen LogP contribution in [0.25, 0.3) is 0 Å². The summed E-state index contributed by atoms with van der Waals surface area (Å²) in [6.07, 6.45) is -4.68. The topological polar surface area (TPSA) is 55.4 Å². The summed E-state index contributed by atoms with van der Waals surface area (Å²) in [7, 11) is 0. The number of carbonyl (C=O) groups excluding carboxylic acids is 2. The van der Waals surface area contributed by atoms with Gasteiger partial charge in [0.2, 0.25) is 0 Å². The molecule has 7 heteroatoms. The van der Waals surface area contributed by atoms with E-state index in [0.717, 1.165) is 23.3 Å². The lowest BCUT2D eigenvalue weighted by atomic mass is 10.1. The Balaban J connectivity index is 2.05. The van der Waals surface area contributed by atoms with Gasteiger partial charge in [-0.25, -0.2) is 4.79 Å². The summed E-state index contributed by atoms with van der Waals surface area (Å²) in [5.41, 5.74) is 0.494. The highest BCUT2D eigenvalue weighted by molar-refractivity contribution is 5.97. The number of benzene rings is 2. The van der Waals surface area contributed by atoms with Crippen LogP contribution in [0.3, 0.4) is 0 Å². The van der Waals surface area contributed by atoms with Gasteiger partial charge < -0.3 is 10.1 Å². The van der Waals surface area contributed by atoms with Crippen LogP contribution < -0.4 is 5.32 Å². The number of para-hydroxylation sites is 1. The molecule has 0 aliphatic carbocycles. The lowest BCUT2D eigenvalue weighted by Gasteiger charge is -2.13. The molecule has 132 valence electrons. The molecule has 2 aromatic rings. The first-order valence-corrected chi connectivity index (χ1v) is 7.39. The van der Waals surface area contributed by atoms with E-state index in [1.54, 1.807) is 26.0 Å². The van der Waals surface area contributed by atoms with Crippen LogP contribution in [0.5, 0.6) is 0 Å². The zero-order valence-corrected chi connectivity index (χ0v) is 13.6. The smallest absolute Gasteiger partial charge is 0.417 e. The van der Waals surface area contributed by atoms with Crippen LogP contribution in [-0.2, 0) is 15.7 Å². The Labute approximate surface area is 142 Å². The zero-order chi connectivity index (χ0) is 18.6. The van der Waals surface area contributed by atoms with Gasteiger partial charge in [-0.2, -0.15) is 13.2 Å². The molecule has 2 rings (SSSR count). The highest BCUT2D eigenvalue weighted by atomic mass is 19.4. The predicted octanol–water partition coefficient (Wildman–Crippen LogP) is 4.12. The number of ether oxygens (including phenoxy) is 1. The summed E-state index contributed by atoms with van der Waals surface area (Å²) in [6.45, 7) is 2.92. The van der Waals surface area contributed by atoms with E-state index in [-0.39, 0.29) is 0 Å². The molecule has 25 heavy (non-hydrogen) atoms. The molecule has 1 amide bonds. The number of rotatable bonds is 4. The molecule has 4 nitrogen and oxygen atoms in total. The summed E-state index contributed by atoms with van der Waals surface area (Å²) < 4.78 is 43.4. The lowest BCUT2D eigenvalue weighted by molar-refractivity contribution is -0.138. The highest BCUT2D eigenvalue weighted by Crippen LogP contribution is 2.32. The van der Waals surface area contributed by atoms with Gasteiger partial charge in [0, 0.05) is 5.69 Å². The lowest BCUT2D eigenvalue weighted by Crippen LogP contribution is -2.23. The van der Waals surface area contributed by atoms with Gasteiger partial charge in [0.1, 0.15) is 0 Å². The van der Waals surface area contributed by atoms with Crippen molar-refractivity contribution in [3.05, 3.63) is 64.7 Å². The Kier molecular flexibility index (Phi) is 5.46. The number of alkyl halides is 3. The minimum Gasteiger partial charge on any atom is -0.452 e. The van der Waals surface area contributed by atoms with Crippen molar-refractivity contribution < 1.29 is 27.5 Å². The Hall–Kier alpha value is -2.83. The Morgan fingerprint density at radius 3 is 2.20 bits per heavy atom. The van der Waals surface area contributed by atoms with Crippen LogP contribution in [0.2, 0.25) is 0 Å². The van der Waals surface area contributed by atoms with Crippen molar-refractivity contribution in [2.75, 3.05) is 11.9 Å². The van der Waals surface area contributed by atoms with Crippen molar-refractivity contribution in [3.8, 4) is 0 Å². The highest BCUT2D eigenvalue weighted by Gasteiger charge is 2.35. The summed E-state index contributed by atoms with van der Waals surface area (Å²) in [5, 5.41) is 2.59. The quantitative estimate of drug-likeness (QED) is 0.843. The molecule has 0 aromatic heterocycles. The van der Waals surface area contributed by atoms with Gasteiger partial charge in [0.15, 0.2) is 6.61 Å². The average Bonchev–Trinajstić information content (AvgIpc) is 2.55. The van der Waals surface area contributed by atoms with Gasteiger partial charge in [0.25, 0.3) is 5.91 Å². The number of hydrogen-bond donors (Lipinski definition) is 1. The second-order valence-electron chi connectivity index (χ2n) is 5.43. The predicted molar refractivity (Wildman–Crippen MR) is 86.3 cm³/mol. The monoisotopic (exact) mass is 351 g/mol. The Bertz CT molecular complexity index is 780. The van der Waals surface area contributed by atoms with Crippen molar-refractivity contribution in [2.24, 2.45) is 0 Å². The van der Waals surface area contributed by atoms with E-state index in [4.69, 9.17) is 4.74 Å². The molecule has 0 saturated carbocycles. The average molecular weight is 351 g/mol. The van der Waals surface area contributed by atoms with Gasteiger partial charge in [-0.3, -0.25) is 4.79 Å². The molecule has 0 radical (unpaired) electrons. The van der Waals surface area contributed by atoms with Crippen LogP contribution >= 0.6 is 0 Å². The number of hydrogen-bond acceptors (Lipinski definition) is 3. The van der Waals surface area contributed by atoms with Gasteiger partial charge >= 0.3 is 12.1 Å². The molecule has 0 atom stereocenters. The maximum atomic E-state index is 12.9. The van der Waals surface area contributed by atoms with E-state index in [0.29, 0.717) is 5.69 Å². The number of anilines is 1. The van der Waals surface area contributed by atoms with E-state index >= 15 is 0 Å². The van der Waals surface area contributed by atoms with Gasteiger partial charge in [-0.15, -0.1) is 0 Å². The summed E-state index contributed by atoms with van der Waals surface area (Å²) in [6, 6.07) is 9.69. The minimum absolute atomic E-state index is 0.583. The third-order valence-corrected chi connectivity index (χ3v) is 3.53. The molecule has 1 N–H and O–H groups in total. The largest absolute Gasteiger partial charge is 0.452 e. The molecule has 0 unspecified atom stereocenters. The second kappa shape index (κ2) is 7.38. The molecule has 0 bridgehead atoms. The molecule has 0 aliphatic heterocycles. The van der Waals surface area contributed by atoms with Crippen LogP contribution in [0.4, 0.5) is 18.9 Å². The third-order valence-electron chi connectivity index (χ3n) is 3.53. The van der Waals surface area contributed by atoms with Crippen molar-refractivity contribution >= 4 is 17.6 Å². The first-order chi connectivity index (χ1) is 11.7. The second-order valence-corrected chi connectivity index (χ2v) is 5.43. The molecule has 0 saturated heterocycles. The van der Waals surface area contributed by atoms with Crippen molar-refractivity contribution in [3.63, 3.8) is 0 Å². The molecule has 0 heterocycles. The minimum atomic E-state index is -4.68. The number of aryl methyl sites for hydroxylation is 2. The number of amides is 1. The number of carbonyl (C=O) groups is 2. The Morgan fingerprint density at radius 1 is 1.00 bits per heavy atom. The van der Waals surface area contributed by atoms with E-state index in [9.17, 15) is 22.8 Å². The van der Waals surface area contributed by atoms with Crippen LogP contribution in [-0.4, -0.2) is 18.5 Å². The molecule has 0 spiro atoms. The maximum Gasteiger partial charge on any atom is 0.417 e. The number of nitrogens with one attached hydrogen (secondary N) is 1. The van der Waals surface area contributed by atoms with Crippen LogP contribution in [0.1, 0.15) is 27.0 Å². The fraction of sp³-hybridized carbons (Fsp3) is 0.222. The van der Waals surface area contributed by atoms with E-state index < -0.39 is 35.8 Å². The number of halogens is 3. The first kappa shape index (κ1) is 18.5. The van der Waals surface area contributed by atoms with E-state index in [1.165, 1.54) is 12.1 Å². The van der Waals surface area contributed by atoms with E-state index in [2.05, 4.69) is 5.32 Å². The summed E-state index contributed by atoms with van der Waals surface area (Å²) in [4.78, 5) is 23.8. The SMILES string of the molecule is Cc1cccc(C)c1NC(=O)COC(=O)c1ccccc1C(F)(F)F. The fourth-order valence-corrected chi connectivity index (χ4v) is 2.30. The molecule has 0 aliphatic rings. The van der Waals surface area contributed by atoms with Crippen LogP contribution in [0.15, 0.2) is 42.5 Å². The molecule has 2 aromatic carbocycles. The molecular weight excluding hydrogens is 335 g/mol. The normalized spacial score (nSPS) is 11.1. The molecular formula is C18H16F3NO3. The van der Waals surface area contributed by atoms with E-state index in [1.807, 2.05) is 6.07 Å². The zero-order valence-electron chi connectivity index (χ0n) is 13.6. The molecule has 0 fully saturated rings. The third kappa shape index (κ3) is 4.59. The summed E-state index contributed by atoms with van der Waals surface area (Å²) >= 11 is 0. The fourth-order valence-electron chi connectivity index (χ4n) is 2.30. The van der Waals surface area contributed by atoms with Crippen molar-refractivity contribution in [1.82, 2.24) is 0 Å².